The number of hydrogen-bond acceptors (Lipinski definition) is 5. The van der Waals surface area contributed by atoms with Gasteiger partial charge in [-0.25, -0.2) is 8.42 Å². The number of para-hydroxylation sites is 2. The van der Waals surface area contributed by atoms with E-state index in [-0.39, 0.29) is 4.90 Å². The average molecular weight is 453 g/mol. The Balaban J connectivity index is 0.000000210. The third-order valence-electron chi connectivity index (χ3n) is 4.69. The molecule has 31 heavy (non-hydrogen) atoms. The number of thiazole rings is 1. The van der Waals surface area contributed by atoms with Gasteiger partial charge >= 0.3 is 0 Å². The lowest BCUT2D eigenvalue weighted by Gasteiger charge is -2.12. The van der Waals surface area contributed by atoms with Gasteiger partial charge in [-0.3, -0.25) is 0 Å². The first-order valence-corrected chi connectivity index (χ1v) is 11.8. The molecule has 0 aliphatic rings. The minimum atomic E-state index is -4.27. The van der Waals surface area contributed by atoms with E-state index in [0.717, 1.165) is 5.56 Å². The predicted octanol–water partition coefficient (Wildman–Crippen LogP) is 4.73. The van der Waals surface area contributed by atoms with Crippen molar-refractivity contribution in [2.45, 2.75) is 11.8 Å². The highest BCUT2D eigenvalue weighted by atomic mass is 32.2. The van der Waals surface area contributed by atoms with Crippen LogP contribution in [0.25, 0.3) is 16.3 Å². The molecular weight excluding hydrogens is 428 g/mol. The van der Waals surface area contributed by atoms with Gasteiger partial charge in [0.05, 0.1) is 4.90 Å². The van der Waals surface area contributed by atoms with Gasteiger partial charge in [0.25, 0.3) is 5.01 Å². The van der Waals surface area contributed by atoms with Crippen molar-refractivity contribution in [3.05, 3.63) is 95.6 Å². The summed E-state index contributed by atoms with van der Waals surface area (Å²) in [4.78, 5) is 1.95. The minimum absolute atomic E-state index is 0.178. The van der Waals surface area contributed by atoms with Crippen LogP contribution in [-0.2, 0) is 17.2 Å². The zero-order chi connectivity index (χ0) is 22.4. The SMILES string of the molecule is CN(/C=C/c1sc2ccccc2[n+]1C)c1ccccc1.Cc1ccc(S(=O)(=O)[O-])cc1. The van der Waals surface area contributed by atoms with Crippen LogP contribution in [0.1, 0.15) is 10.6 Å². The maximum absolute atomic E-state index is 10.4. The van der Waals surface area contributed by atoms with E-state index >= 15 is 0 Å². The van der Waals surface area contributed by atoms with E-state index in [4.69, 9.17) is 0 Å². The van der Waals surface area contributed by atoms with Crippen molar-refractivity contribution in [1.82, 2.24) is 0 Å². The molecule has 3 aromatic carbocycles. The molecule has 1 heterocycles. The summed E-state index contributed by atoms with van der Waals surface area (Å²) in [5, 5.41) is 1.24. The van der Waals surface area contributed by atoms with Gasteiger partial charge < -0.3 is 9.45 Å². The second-order valence-corrected chi connectivity index (χ2v) is 9.44. The first kappa shape index (κ1) is 22.7. The van der Waals surface area contributed by atoms with Gasteiger partial charge in [-0.2, -0.15) is 4.57 Å². The Morgan fingerprint density at radius 3 is 2.16 bits per heavy atom. The highest BCUT2D eigenvalue weighted by Gasteiger charge is 2.13. The molecule has 0 radical (unpaired) electrons. The van der Waals surface area contributed by atoms with E-state index in [9.17, 15) is 13.0 Å². The highest BCUT2D eigenvalue weighted by Crippen LogP contribution is 2.21. The predicted molar refractivity (Wildman–Crippen MR) is 126 cm³/mol. The number of benzene rings is 3. The molecule has 0 atom stereocenters. The second-order valence-electron chi connectivity index (χ2n) is 7.00. The molecule has 5 nitrogen and oxygen atoms in total. The molecule has 4 rings (SSSR count). The molecule has 1 aromatic heterocycles. The molecule has 0 bridgehead atoms. The second kappa shape index (κ2) is 9.87. The number of nitrogens with zero attached hydrogens (tertiary/aromatic N) is 2. The molecule has 0 saturated heterocycles. The van der Waals surface area contributed by atoms with Crippen LogP contribution in [0.3, 0.4) is 0 Å². The molecule has 0 aliphatic heterocycles. The normalized spacial score (nSPS) is 11.4. The highest BCUT2D eigenvalue weighted by molar-refractivity contribution is 7.85. The number of aryl methyl sites for hydroxylation is 2. The van der Waals surface area contributed by atoms with E-state index in [0.29, 0.717) is 0 Å². The van der Waals surface area contributed by atoms with Gasteiger partial charge in [0.15, 0.2) is 0 Å². The van der Waals surface area contributed by atoms with Crippen LogP contribution >= 0.6 is 11.3 Å². The molecule has 160 valence electrons. The number of rotatable bonds is 4. The Morgan fingerprint density at radius 1 is 0.935 bits per heavy atom. The summed E-state index contributed by atoms with van der Waals surface area (Å²) in [5.41, 5.74) is 3.39. The lowest BCUT2D eigenvalue weighted by atomic mass is 10.2. The fourth-order valence-corrected chi connectivity index (χ4v) is 4.41. The largest absolute Gasteiger partial charge is 0.744 e. The molecular formula is C24H24N2O3S2. The molecule has 0 spiro atoms. The van der Waals surface area contributed by atoms with Crippen molar-refractivity contribution in [1.29, 1.82) is 0 Å². The fourth-order valence-electron chi connectivity index (χ4n) is 2.90. The molecule has 0 fully saturated rings. The van der Waals surface area contributed by atoms with E-state index in [1.807, 2.05) is 24.3 Å². The van der Waals surface area contributed by atoms with Crippen LogP contribution in [0.5, 0.6) is 0 Å². The van der Waals surface area contributed by atoms with Crippen molar-refractivity contribution in [2.24, 2.45) is 7.05 Å². The Kier molecular flexibility index (Phi) is 7.22. The van der Waals surface area contributed by atoms with Crippen LogP contribution < -0.4 is 9.47 Å². The fraction of sp³-hybridized carbons (Fsp3) is 0.125. The van der Waals surface area contributed by atoms with Gasteiger partial charge in [0.1, 0.15) is 21.9 Å². The van der Waals surface area contributed by atoms with E-state index < -0.39 is 10.1 Å². The monoisotopic (exact) mass is 452 g/mol. The van der Waals surface area contributed by atoms with Crippen molar-refractivity contribution in [2.75, 3.05) is 11.9 Å². The lowest BCUT2D eigenvalue weighted by molar-refractivity contribution is -0.642. The average Bonchev–Trinajstić information content (AvgIpc) is 3.08. The third-order valence-corrected chi connectivity index (χ3v) is 6.72. The number of aromatic nitrogens is 1. The van der Waals surface area contributed by atoms with E-state index in [1.54, 1.807) is 12.1 Å². The molecule has 0 amide bonds. The van der Waals surface area contributed by atoms with Crippen LogP contribution in [0.4, 0.5) is 5.69 Å². The van der Waals surface area contributed by atoms with E-state index in [2.05, 4.69) is 84.4 Å². The number of fused-ring (bicyclic) bond motifs is 1. The molecule has 4 aromatic rings. The summed E-state index contributed by atoms with van der Waals surface area (Å²) in [6.07, 6.45) is 4.28. The molecule has 0 unspecified atom stereocenters. The van der Waals surface area contributed by atoms with Gasteiger partial charge in [-0.05, 0) is 37.3 Å². The zero-order valence-electron chi connectivity index (χ0n) is 17.6. The number of hydrogen-bond donors (Lipinski definition) is 0. The summed E-state index contributed by atoms with van der Waals surface area (Å²) in [6, 6.07) is 24.6. The first-order chi connectivity index (χ1) is 14.8. The topological polar surface area (TPSA) is 64.3 Å². The molecule has 0 saturated carbocycles. The summed E-state index contributed by atoms with van der Waals surface area (Å²) in [6.45, 7) is 1.82. The standard InChI is InChI=1S/C17H17N2S.C7H8O3S/c1-18(14-8-4-3-5-9-14)13-12-17-19(2)15-10-6-7-11-16(15)20-17;1-6-2-4-7(5-3-6)11(8,9)10/h3-13H,1-2H3;2-5H,1H3,(H,8,9,10)/q+1;/p-1. The van der Waals surface area contributed by atoms with Crippen LogP contribution in [-0.4, -0.2) is 20.0 Å². The number of anilines is 1. The van der Waals surface area contributed by atoms with Crippen LogP contribution in [0.2, 0.25) is 0 Å². The minimum Gasteiger partial charge on any atom is -0.744 e. The van der Waals surface area contributed by atoms with Gasteiger partial charge in [-0.15, -0.1) is 0 Å². The maximum atomic E-state index is 10.4. The summed E-state index contributed by atoms with van der Waals surface area (Å²) in [7, 11) is -0.0889. The van der Waals surface area contributed by atoms with Crippen molar-refractivity contribution in [3.63, 3.8) is 0 Å². The van der Waals surface area contributed by atoms with Crippen molar-refractivity contribution >= 4 is 43.4 Å². The van der Waals surface area contributed by atoms with Gasteiger partial charge in [-0.1, -0.05) is 59.4 Å². The molecule has 0 aliphatic carbocycles. The van der Waals surface area contributed by atoms with E-state index in [1.165, 1.54) is 33.0 Å². The Morgan fingerprint density at radius 2 is 1.55 bits per heavy atom. The first-order valence-electron chi connectivity index (χ1n) is 9.62. The lowest BCUT2D eigenvalue weighted by Crippen LogP contribution is -2.29. The molecule has 0 N–H and O–H groups in total. The quantitative estimate of drug-likeness (QED) is 0.332. The zero-order valence-corrected chi connectivity index (χ0v) is 19.2. The third kappa shape index (κ3) is 6.01. The van der Waals surface area contributed by atoms with Crippen LogP contribution in [0.15, 0.2) is 90.0 Å². The van der Waals surface area contributed by atoms with Crippen LogP contribution in [0, 0.1) is 6.92 Å². The smallest absolute Gasteiger partial charge is 0.263 e. The summed E-state index contributed by atoms with van der Waals surface area (Å²) >= 11 is 1.81. The van der Waals surface area contributed by atoms with Crippen molar-refractivity contribution < 1.29 is 17.5 Å². The van der Waals surface area contributed by atoms with Gasteiger partial charge in [0.2, 0.25) is 5.52 Å². The van der Waals surface area contributed by atoms with Gasteiger partial charge in [0, 0.05) is 31.1 Å². The summed E-state index contributed by atoms with van der Waals surface area (Å²) in [5.74, 6) is 0. The van der Waals surface area contributed by atoms with Crippen molar-refractivity contribution in [3.8, 4) is 0 Å². The molecule has 7 heteroatoms. The Labute approximate surface area is 187 Å². The maximum Gasteiger partial charge on any atom is 0.263 e. The Bertz CT molecular complexity index is 1280. The Hall–Kier alpha value is -3.00. The summed E-state index contributed by atoms with van der Waals surface area (Å²) < 4.78 is 34.7.